The molecule has 0 radical (unpaired) electrons. The largest absolute Gasteiger partial charge is 0.478 e. The van der Waals surface area contributed by atoms with Crippen molar-refractivity contribution in [3.63, 3.8) is 0 Å². The van der Waals surface area contributed by atoms with Crippen molar-refractivity contribution in [1.29, 1.82) is 0 Å². The van der Waals surface area contributed by atoms with Crippen molar-refractivity contribution >= 4 is 17.7 Å². The Morgan fingerprint density at radius 1 is 1.38 bits per heavy atom. The molecule has 0 aliphatic rings. The molecule has 0 bridgehead atoms. The number of carbonyl (C=O) groups is 1. The number of aromatic carboxylic acids is 1. The highest BCUT2D eigenvalue weighted by molar-refractivity contribution is 7.99. The summed E-state index contributed by atoms with van der Waals surface area (Å²) in [6, 6.07) is 3.40. The van der Waals surface area contributed by atoms with Crippen LogP contribution >= 0.6 is 11.8 Å². The lowest BCUT2D eigenvalue weighted by Crippen LogP contribution is -2.07. The van der Waals surface area contributed by atoms with E-state index in [0.717, 1.165) is 5.03 Å². The predicted molar refractivity (Wildman–Crippen MR) is 66.1 cm³/mol. The number of hydrogen-bond donors (Lipinski definition) is 1. The molecule has 0 aliphatic carbocycles. The molecule has 1 aromatic rings. The zero-order valence-electron chi connectivity index (χ0n) is 10.0. The summed E-state index contributed by atoms with van der Waals surface area (Å²) >= 11 is 1.68. The Kier molecular flexibility index (Phi) is 4.35. The first-order valence-electron chi connectivity index (χ1n) is 5.29. The van der Waals surface area contributed by atoms with Crippen LogP contribution in [0.2, 0.25) is 0 Å². The van der Waals surface area contributed by atoms with Gasteiger partial charge in [-0.1, -0.05) is 20.8 Å². The van der Waals surface area contributed by atoms with Crippen molar-refractivity contribution in [1.82, 2.24) is 4.98 Å². The second-order valence-electron chi connectivity index (χ2n) is 4.15. The number of hydrogen-bond acceptors (Lipinski definition) is 3. The van der Waals surface area contributed by atoms with E-state index in [1.165, 1.54) is 0 Å². The van der Waals surface area contributed by atoms with Crippen LogP contribution in [-0.2, 0) is 0 Å². The summed E-state index contributed by atoms with van der Waals surface area (Å²) in [7, 11) is 0. The molecule has 3 nitrogen and oxygen atoms in total. The lowest BCUT2D eigenvalue weighted by atomic mass is 10.2. The van der Waals surface area contributed by atoms with Gasteiger partial charge in [-0.25, -0.2) is 9.78 Å². The minimum atomic E-state index is -0.918. The lowest BCUT2D eigenvalue weighted by molar-refractivity contribution is 0.0695. The Balaban J connectivity index is 2.85. The normalized spacial score (nSPS) is 12.8. The molecule has 1 heterocycles. The Hall–Kier alpha value is -1.03. The number of rotatable bonds is 4. The van der Waals surface area contributed by atoms with E-state index in [4.69, 9.17) is 5.11 Å². The molecule has 0 saturated heterocycles. The second kappa shape index (κ2) is 5.34. The average Bonchev–Trinajstić information content (AvgIpc) is 2.16. The maximum Gasteiger partial charge on any atom is 0.337 e. The lowest BCUT2D eigenvalue weighted by Gasteiger charge is -2.14. The number of carboxylic acids is 1. The van der Waals surface area contributed by atoms with Gasteiger partial charge in [0.25, 0.3) is 0 Å². The van der Waals surface area contributed by atoms with Gasteiger partial charge in [0.15, 0.2) is 0 Å². The summed E-state index contributed by atoms with van der Waals surface area (Å²) in [5.41, 5.74) is 0.856. The molecule has 4 heteroatoms. The minimum absolute atomic E-state index is 0.279. The average molecular weight is 239 g/mol. The van der Waals surface area contributed by atoms with Gasteiger partial charge in [0.2, 0.25) is 0 Å². The quantitative estimate of drug-likeness (QED) is 0.820. The molecular weight excluding hydrogens is 222 g/mol. The van der Waals surface area contributed by atoms with Crippen LogP contribution in [0, 0.1) is 12.8 Å². The first-order valence-corrected chi connectivity index (χ1v) is 6.17. The summed E-state index contributed by atoms with van der Waals surface area (Å²) < 4.78 is 0. The molecule has 1 unspecified atom stereocenters. The van der Waals surface area contributed by atoms with Gasteiger partial charge in [-0.2, -0.15) is 0 Å². The van der Waals surface area contributed by atoms with Gasteiger partial charge >= 0.3 is 5.97 Å². The summed E-state index contributed by atoms with van der Waals surface area (Å²) in [6.45, 7) is 8.21. The predicted octanol–water partition coefficient (Wildman–Crippen LogP) is 3.22. The van der Waals surface area contributed by atoms with Crippen LogP contribution in [0.3, 0.4) is 0 Å². The van der Waals surface area contributed by atoms with Gasteiger partial charge in [-0.3, -0.25) is 0 Å². The molecule has 1 N–H and O–H groups in total. The number of aryl methyl sites for hydroxylation is 1. The molecule has 0 aliphatic heterocycles. The first-order chi connectivity index (χ1) is 7.41. The minimum Gasteiger partial charge on any atom is -0.478 e. The number of carboxylic acid groups (broad SMARTS) is 1. The van der Waals surface area contributed by atoms with Crippen molar-refractivity contribution in [3.05, 3.63) is 23.4 Å². The fourth-order valence-corrected chi connectivity index (χ4v) is 2.15. The van der Waals surface area contributed by atoms with Crippen molar-refractivity contribution in [2.75, 3.05) is 0 Å². The summed E-state index contributed by atoms with van der Waals surface area (Å²) in [5.74, 6) is -0.343. The molecule has 0 fully saturated rings. The highest BCUT2D eigenvalue weighted by atomic mass is 32.2. The summed E-state index contributed by atoms with van der Waals surface area (Å²) in [6.07, 6.45) is 0. The fraction of sp³-hybridized carbons (Fsp3) is 0.500. The standard InChI is InChI=1S/C12H17NO2S/c1-7(2)9(4)16-11-6-5-10(12(14)15)8(3)13-11/h5-7,9H,1-4H3,(H,14,15). The van der Waals surface area contributed by atoms with Gasteiger partial charge in [-0.05, 0) is 25.0 Å². The zero-order chi connectivity index (χ0) is 12.3. The highest BCUT2D eigenvalue weighted by Crippen LogP contribution is 2.26. The van der Waals surface area contributed by atoms with Crippen LogP contribution in [0.1, 0.15) is 36.8 Å². The number of thioether (sulfide) groups is 1. The third-order valence-electron chi connectivity index (χ3n) is 2.54. The van der Waals surface area contributed by atoms with Gasteiger partial charge in [-0.15, -0.1) is 11.8 Å². The van der Waals surface area contributed by atoms with E-state index < -0.39 is 5.97 Å². The van der Waals surface area contributed by atoms with E-state index >= 15 is 0 Å². The summed E-state index contributed by atoms with van der Waals surface area (Å²) in [4.78, 5) is 15.1. The molecular formula is C12H17NO2S. The molecule has 1 rings (SSSR count). The van der Waals surface area contributed by atoms with E-state index in [0.29, 0.717) is 16.9 Å². The summed E-state index contributed by atoms with van der Waals surface area (Å²) in [5, 5.41) is 10.2. The SMILES string of the molecule is Cc1nc(SC(C)C(C)C)ccc1C(=O)O. The number of nitrogens with zero attached hydrogens (tertiary/aromatic N) is 1. The molecule has 1 aromatic heterocycles. The molecule has 0 amide bonds. The van der Waals surface area contributed by atoms with Gasteiger partial charge in [0, 0.05) is 5.25 Å². The topological polar surface area (TPSA) is 50.2 Å². The maximum atomic E-state index is 10.8. The Bertz CT molecular complexity index is 391. The van der Waals surface area contributed by atoms with Crippen LogP contribution in [0.15, 0.2) is 17.2 Å². The molecule has 0 saturated carbocycles. The molecule has 1 atom stereocenters. The second-order valence-corrected chi connectivity index (χ2v) is 5.55. The monoisotopic (exact) mass is 239 g/mol. The van der Waals surface area contributed by atoms with E-state index in [1.807, 2.05) is 0 Å². The fourth-order valence-electron chi connectivity index (χ4n) is 1.16. The smallest absolute Gasteiger partial charge is 0.337 e. The van der Waals surface area contributed by atoms with E-state index in [9.17, 15) is 4.79 Å². The van der Waals surface area contributed by atoms with Crippen molar-refractivity contribution in [2.24, 2.45) is 5.92 Å². The molecule has 0 spiro atoms. The van der Waals surface area contributed by atoms with Crippen LogP contribution < -0.4 is 0 Å². The Morgan fingerprint density at radius 3 is 2.44 bits per heavy atom. The number of aromatic nitrogens is 1. The molecule has 16 heavy (non-hydrogen) atoms. The maximum absolute atomic E-state index is 10.8. The Labute approximate surface area is 100 Å². The van der Waals surface area contributed by atoms with Gasteiger partial charge < -0.3 is 5.11 Å². The van der Waals surface area contributed by atoms with Gasteiger partial charge in [0.05, 0.1) is 16.3 Å². The van der Waals surface area contributed by atoms with Crippen LogP contribution in [0.4, 0.5) is 0 Å². The van der Waals surface area contributed by atoms with E-state index in [-0.39, 0.29) is 5.56 Å². The first kappa shape index (κ1) is 13.0. The highest BCUT2D eigenvalue weighted by Gasteiger charge is 2.12. The third kappa shape index (κ3) is 3.23. The third-order valence-corrected chi connectivity index (χ3v) is 3.92. The molecule has 88 valence electrons. The Morgan fingerprint density at radius 2 is 2.00 bits per heavy atom. The van der Waals surface area contributed by atoms with Gasteiger partial charge in [0.1, 0.15) is 0 Å². The van der Waals surface area contributed by atoms with Crippen molar-refractivity contribution < 1.29 is 9.90 Å². The van der Waals surface area contributed by atoms with Crippen LogP contribution in [0.25, 0.3) is 0 Å². The van der Waals surface area contributed by atoms with E-state index in [1.54, 1.807) is 30.8 Å². The van der Waals surface area contributed by atoms with Crippen LogP contribution in [0.5, 0.6) is 0 Å². The molecule has 0 aromatic carbocycles. The van der Waals surface area contributed by atoms with Crippen molar-refractivity contribution in [3.8, 4) is 0 Å². The van der Waals surface area contributed by atoms with E-state index in [2.05, 4.69) is 25.8 Å². The zero-order valence-corrected chi connectivity index (χ0v) is 10.8. The van der Waals surface area contributed by atoms with Crippen molar-refractivity contribution in [2.45, 2.75) is 38.0 Å². The number of pyridine rings is 1. The van der Waals surface area contributed by atoms with Crippen LogP contribution in [-0.4, -0.2) is 21.3 Å².